The Morgan fingerprint density at radius 1 is 1.21 bits per heavy atom. The van der Waals surface area contributed by atoms with E-state index < -0.39 is 0 Å². The summed E-state index contributed by atoms with van der Waals surface area (Å²) in [5.74, 6) is 0. The van der Waals surface area contributed by atoms with Crippen molar-refractivity contribution in [1.82, 2.24) is 0 Å². The van der Waals surface area contributed by atoms with Gasteiger partial charge in [0.05, 0.1) is 11.1 Å². The highest BCUT2D eigenvalue weighted by Crippen LogP contribution is 2.28. The van der Waals surface area contributed by atoms with Crippen LogP contribution in [-0.2, 0) is 0 Å². The molecule has 1 aromatic carbocycles. The quantitative estimate of drug-likeness (QED) is 0.659. The second kappa shape index (κ2) is 3.10. The van der Waals surface area contributed by atoms with Crippen molar-refractivity contribution in [2.24, 2.45) is 0 Å². The van der Waals surface area contributed by atoms with Crippen molar-refractivity contribution in [3.63, 3.8) is 0 Å². The number of rotatable bonds is 0. The Bertz CT molecular complexity index is 586. The number of nitriles is 2. The lowest BCUT2D eigenvalue weighted by atomic mass is 10.1. The van der Waals surface area contributed by atoms with E-state index in [0.717, 1.165) is 11.3 Å². The molecule has 0 fully saturated rings. The van der Waals surface area contributed by atoms with Gasteiger partial charge in [-0.2, -0.15) is 14.9 Å². The van der Waals surface area contributed by atoms with Gasteiger partial charge in [0.2, 0.25) is 0 Å². The Kier molecular flexibility index (Phi) is 1.92. The number of fused-ring (bicyclic) bond motifs is 1. The fourth-order valence-corrected chi connectivity index (χ4v) is 2.09. The Morgan fingerprint density at radius 3 is 2.64 bits per heavy atom. The lowest BCUT2D eigenvalue weighted by Gasteiger charge is -1.94. The molecule has 66 valence electrons. The van der Waals surface area contributed by atoms with Gasteiger partial charge in [-0.1, -0.05) is 0 Å². The van der Waals surface area contributed by atoms with Crippen molar-refractivity contribution in [3.8, 4) is 12.1 Å². The second-order valence-electron chi connectivity index (χ2n) is 2.67. The normalized spacial score (nSPS) is 9.64. The molecule has 0 N–H and O–H groups in total. The van der Waals surface area contributed by atoms with Crippen LogP contribution in [0.1, 0.15) is 11.1 Å². The predicted molar refractivity (Wildman–Crippen MR) is 51.2 cm³/mol. The molecule has 0 spiro atoms. The highest BCUT2D eigenvalue weighted by atomic mass is 32.1. The number of nitrogens with zero attached hydrogens (tertiary/aromatic N) is 2. The van der Waals surface area contributed by atoms with Crippen LogP contribution in [0.25, 0.3) is 10.1 Å². The molecule has 0 unspecified atom stereocenters. The summed E-state index contributed by atoms with van der Waals surface area (Å²) >= 11 is 0.974. The van der Waals surface area contributed by atoms with E-state index in [0.29, 0.717) is 10.1 Å². The Morgan fingerprint density at radius 2 is 2.00 bits per heavy atom. The molecular formula is C10H3FN2S. The summed E-state index contributed by atoms with van der Waals surface area (Å²) in [6.45, 7) is 0. The van der Waals surface area contributed by atoms with Crippen molar-refractivity contribution in [2.75, 3.05) is 0 Å². The van der Waals surface area contributed by atoms with Crippen LogP contribution in [-0.4, -0.2) is 0 Å². The van der Waals surface area contributed by atoms with Crippen molar-refractivity contribution < 1.29 is 4.39 Å². The van der Waals surface area contributed by atoms with E-state index in [-0.39, 0.29) is 16.3 Å². The van der Waals surface area contributed by atoms with E-state index >= 15 is 0 Å². The van der Waals surface area contributed by atoms with Crippen LogP contribution >= 0.6 is 11.3 Å². The van der Waals surface area contributed by atoms with Gasteiger partial charge in [0.15, 0.2) is 5.13 Å². The lowest BCUT2D eigenvalue weighted by Crippen LogP contribution is -1.82. The first-order valence-corrected chi connectivity index (χ1v) is 4.60. The molecule has 2 aromatic rings. The molecule has 0 aliphatic heterocycles. The SMILES string of the molecule is N#Cc1ccc2sc(F)cc2c1C#N. The molecule has 0 saturated heterocycles. The van der Waals surface area contributed by atoms with Crippen LogP contribution < -0.4 is 0 Å². The monoisotopic (exact) mass is 202 g/mol. The van der Waals surface area contributed by atoms with E-state index in [4.69, 9.17) is 10.5 Å². The zero-order chi connectivity index (χ0) is 10.1. The van der Waals surface area contributed by atoms with E-state index in [1.54, 1.807) is 6.07 Å². The third kappa shape index (κ3) is 1.14. The van der Waals surface area contributed by atoms with Gasteiger partial charge in [-0.15, -0.1) is 11.3 Å². The van der Waals surface area contributed by atoms with Crippen LogP contribution in [0.2, 0.25) is 0 Å². The maximum absolute atomic E-state index is 12.9. The van der Waals surface area contributed by atoms with Crippen molar-refractivity contribution >= 4 is 21.4 Å². The molecular weight excluding hydrogens is 199 g/mol. The number of hydrogen-bond donors (Lipinski definition) is 0. The van der Waals surface area contributed by atoms with Gasteiger partial charge in [0.25, 0.3) is 0 Å². The van der Waals surface area contributed by atoms with Crippen LogP contribution in [0.15, 0.2) is 18.2 Å². The first-order chi connectivity index (χ1) is 6.76. The third-order valence-corrected chi connectivity index (χ3v) is 2.79. The summed E-state index contributed by atoms with van der Waals surface area (Å²) in [5.41, 5.74) is 0.544. The van der Waals surface area contributed by atoms with E-state index in [1.165, 1.54) is 12.1 Å². The molecule has 0 amide bonds. The van der Waals surface area contributed by atoms with Crippen molar-refractivity contribution in [1.29, 1.82) is 10.5 Å². The number of benzene rings is 1. The zero-order valence-electron chi connectivity index (χ0n) is 6.91. The van der Waals surface area contributed by atoms with Gasteiger partial charge >= 0.3 is 0 Å². The van der Waals surface area contributed by atoms with E-state index in [1.807, 2.05) is 12.1 Å². The number of halogens is 1. The Hall–Kier alpha value is -1.91. The minimum Gasteiger partial charge on any atom is -0.195 e. The minimum absolute atomic E-state index is 0.255. The molecule has 0 aliphatic carbocycles. The summed E-state index contributed by atoms with van der Waals surface area (Å²) < 4.78 is 13.6. The maximum atomic E-state index is 12.9. The average Bonchev–Trinajstić information content (AvgIpc) is 2.56. The fraction of sp³-hybridized carbons (Fsp3) is 0. The highest BCUT2D eigenvalue weighted by molar-refractivity contribution is 7.17. The molecule has 14 heavy (non-hydrogen) atoms. The molecule has 2 rings (SSSR count). The summed E-state index contributed by atoms with van der Waals surface area (Å²) in [5, 5.41) is 17.7. The first-order valence-electron chi connectivity index (χ1n) is 3.78. The maximum Gasteiger partial charge on any atom is 0.177 e. The molecule has 0 bridgehead atoms. The third-order valence-electron chi connectivity index (χ3n) is 1.90. The lowest BCUT2D eigenvalue weighted by molar-refractivity contribution is 0.658. The van der Waals surface area contributed by atoms with Crippen LogP contribution in [0.5, 0.6) is 0 Å². The molecule has 0 aliphatic rings. The van der Waals surface area contributed by atoms with Crippen LogP contribution in [0.3, 0.4) is 0 Å². The van der Waals surface area contributed by atoms with Gasteiger partial charge < -0.3 is 0 Å². The summed E-state index contributed by atoms with van der Waals surface area (Å²) in [7, 11) is 0. The number of thiophene rings is 1. The molecule has 1 heterocycles. The van der Waals surface area contributed by atoms with Gasteiger partial charge in [0, 0.05) is 10.1 Å². The van der Waals surface area contributed by atoms with E-state index in [2.05, 4.69) is 0 Å². The van der Waals surface area contributed by atoms with Crippen LogP contribution in [0.4, 0.5) is 4.39 Å². The zero-order valence-corrected chi connectivity index (χ0v) is 7.73. The van der Waals surface area contributed by atoms with E-state index in [9.17, 15) is 4.39 Å². The molecule has 0 radical (unpaired) electrons. The Labute approximate surface area is 83.4 Å². The van der Waals surface area contributed by atoms with Gasteiger partial charge in [-0.25, -0.2) is 0 Å². The molecule has 0 atom stereocenters. The van der Waals surface area contributed by atoms with Gasteiger partial charge in [0.1, 0.15) is 12.1 Å². The van der Waals surface area contributed by atoms with Gasteiger partial charge in [-0.3, -0.25) is 0 Å². The topological polar surface area (TPSA) is 47.6 Å². The predicted octanol–water partition coefficient (Wildman–Crippen LogP) is 2.78. The first kappa shape index (κ1) is 8.68. The molecule has 0 saturated carbocycles. The molecule has 2 nitrogen and oxygen atoms in total. The van der Waals surface area contributed by atoms with Crippen LogP contribution in [0, 0.1) is 27.8 Å². The molecule has 4 heteroatoms. The van der Waals surface area contributed by atoms with Crippen molar-refractivity contribution in [2.45, 2.75) is 0 Å². The molecule has 1 aromatic heterocycles. The summed E-state index contributed by atoms with van der Waals surface area (Å²) in [6.07, 6.45) is 0. The van der Waals surface area contributed by atoms with Crippen molar-refractivity contribution in [3.05, 3.63) is 34.5 Å². The summed E-state index contributed by atoms with van der Waals surface area (Å²) in [6, 6.07) is 8.31. The Balaban J connectivity index is 2.93. The standard InChI is InChI=1S/C10H3FN2S/c11-10-3-7-8(5-13)6(4-12)1-2-9(7)14-10/h1-3H. The van der Waals surface area contributed by atoms with Gasteiger partial charge in [-0.05, 0) is 18.2 Å². The second-order valence-corrected chi connectivity index (χ2v) is 3.71. The smallest absolute Gasteiger partial charge is 0.177 e. The number of hydrogen-bond acceptors (Lipinski definition) is 3. The fourth-order valence-electron chi connectivity index (χ4n) is 1.29. The largest absolute Gasteiger partial charge is 0.195 e. The minimum atomic E-state index is -0.341. The highest BCUT2D eigenvalue weighted by Gasteiger charge is 2.09. The summed E-state index contributed by atoms with van der Waals surface area (Å²) in [4.78, 5) is 0. The average molecular weight is 202 g/mol.